The zero-order chi connectivity index (χ0) is 23.1. The van der Waals surface area contributed by atoms with E-state index in [0.717, 1.165) is 60.9 Å². The lowest BCUT2D eigenvalue weighted by atomic mass is 10.0. The van der Waals surface area contributed by atoms with Gasteiger partial charge in [0, 0.05) is 32.1 Å². The Morgan fingerprint density at radius 2 is 2.09 bits per heavy atom. The first kappa shape index (κ1) is 23.9. The molecule has 0 bridgehead atoms. The van der Waals surface area contributed by atoms with Crippen molar-refractivity contribution in [2.45, 2.75) is 51.7 Å². The number of nitrogens with zero attached hydrogens (tertiary/aromatic N) is 4. The number of amides is 2. The van der Waals surface area contributed by atoms with Crippen molar-refractivity contribution in [3.63, 3.8) is 0 Å². The molecule has 4 rings (SSSR count). The number of nitrogens with one attached hydrogen (secondary N) is 2. The molecular weight excluding hydrogens is 432 g/mol. The van der Waals surface area contributed by atoms with E-state index in [1.165, 1.54) is 11.3 Å². The van der Waals surface area contributed by atoms with E-state index in [1.807, 2.05) is 25.4 Å². The summed E-state index contributed by atoms with van der Waals surface area (Å²) < 4.78 is 2.11. The van der Waals surface area contributed by atoms with Gasteiger partial charge in [-0.1, -0.05) is 0 Å². The minimum atomic E-state index is -0.250. The number of likely N-dealkylation sites (N-methyl/N-ethyl adjacent to an activating group) is 1. The highest BCUT2D eigenvalue weighted by Crippen LogP contribution is 2.20. The maximum absolute atomic E-state index is 12.8. The summed E-state index contributed by atoms with van der Waals surface area (Å²) in [5, 5.41) is 23.4. The first-order valence-electron chi connectivity index (χ1n) is 10.7. The molecule has 0 aliphatic carbocycles. The average Bonchev–Trinajstić information content (AvgIpc) is 3.44. The molecule has 0 aromatic carbocycles. The SMILES string of the molecule is Cc1ccsc1C(=O)N[C@H]1CC[C@@H](C(=O)NCc2nnc3n2CCC3)CN(C)C1.O=CO. The van der Waals surface area contributed by atoms with E-state index in [-0.39, 0.29) is 30.2 Å². The highest BCUT2D eigenvalue weighted by molar-refractivity contribution is 7.12. The molecule has 3 N–H and O–H groups in total. The van der Waals surface area contributed by atoms with Gasteiger partial charge in [-0.25, -0.2) is 0 Å². The molecular formula is C21H30N6O4S. The van der Waals surface area contributed by atoms with Crippen LogP contribution in [0.5, 0.6) is 0 Å². The molecule has 2 aromatic heterocycles. The number of carbonyl (C=O) groups excluding carboxylic acids is 2. The molecule has 10 nitrogen and oxygen atoms in total. The van der Waals surface area contributed by atoms with Crippen LogP contribution in [0.15, 0.2) is 11.4 Å². The molecule has 0 unspecified atom stereocenters. The van der Waals surface area contributed by atoms with Gasteiger partial charge < -0.3 is 25.2 Å². The predicted octanol–water partition coefficient (Wildman–Crippen LogP) is 1.05. The fourth-order valence-corrected chi connectivity index (χ4v) is 5.08. The molecule has 0 radical (unpaired) electrons. The third-order valence-corrected chi connectivity index (χ3v) is 6.82. The second-order valence-electron chi connectivity index (χ2n) is 8.21. The first-order chi connectivity index (χ1) is 15.4. The number of aryl methyl sites for hydroxylation is 2. The molecule has 2 aromatic rings. The van der Waals surface area contributed by atoms with E-state index < -0.39 is 0 Å². The van der Waals surface area contributed by atoms with Crippen molar-refractivity contribution in [3.05, 3.63) is 33.5 Å². The maximum atomic E-state index is 12.8. The standard InChI is InChI=1S/C20H28N6O2S.CH2O2/c1-13-7-9-29-18(13)20(28)22-15-6-5-14(11-25(2)12-15)19(27)21-10-17-24-23-16-4-3-8-26(16)17;2-1-3/h7,9,14-15H,3-6,8,10-12H2,1-2H3,(H,21,27)(H,22,28);1H,(H,2,3)/t14-,15+;/m1./s1. The van der Waals surface area contributed by atoms with Crippen molar-refractivity contribution in [1.82, 2.24) is 30.3 Å². The van der Waals surface area contributed by atoms with Crippen LogP contribution in [-0.2, 0) is 29.1 Å². The molecule has 0 saturated carbocycles. The third-order valence-electron chi connectivity index (χ3n) is 5.81. The summed E-state index contributed by atoms with van der Waals surface area (Å²) in [6.45, 7) is 4.50. The first-order valence-corrected chi connectivity index (χ1v) is 11.6. The van der Waals surface area contributed by atoms with E-state index >= 15 is 0 Å². The highest BCUT2D eigenvalue weighted by atomic mass is 32.1. The quantitative estimate of drug-likeness (QED) is 0.567. The van der Waals surface area contributed by atoms with E-state index in [9.17, 15) is 9.59 Å². The summed E-state index contributed by atoms with van der Waals surface area (Å²) in [7, 11) is 2.01. The Balaban J connectivity index is 0.000000913. The Labute approximate surface area is 191 Å². The summed E-state index contributed by atoms with van der Waals surface area (Å²) in [4.78, 5) is 36.6. The molecule has 2 aliphatic rings. The van der Waals surface area contributed by atoms with Gasteiger partial charge in [-0.15, -0.1) is 21.5 Å². The van der Waals surface area contributed by atoms with Crippen LogP contribution in [0.3, 0.4) is 0 Å². The second-order valence-corrected chi connectivity index (χ2v) is 9.13. The summed E-state index contributed by atoms with van der Waals surface area (Å²) >= 11 is 1.47. The van der Waals surface area contributed by atoms with Crippen molar-refractivity contribution >= 4 is 29.6 Å². The van der Waals surface area contributed by atoms with E-state index in [4.69, 9.17) is 9.90 Å². The van der Waals surface area contributed by atoms with Crippen LogP contribution in [0.4, 0.5) is 0 Å². The molecule has 174 valence electrons. The molecule has 2 atom stereocenters. The van der Waals surface area contributed by atoms with Crippen LogP contribution in [0.2, 0.25) is 0 Å². The minimum absolute atomic E-state index is 0.0144. The number of carboxylic acid groups (broad SMARTS) is 1. The van der Waals surface area contributed by atoms with Crippen LogP contribution in [0.1, 0.15) is 46.1 Å². The Hall–Kier alpha value is -2.79. The third kappa shape index (κ3) is 5.92. The fraction of sp³-hybridized carbons (Fsp3) is 0.571. The average molecular weight is 463 g/mol. The van der Waals surface area contributed by atoms with Crippen molar-refractivity contribution in [1.29, 1.82) is 0 Å². The van der Waals surface area contributed by atoms with Gasteiger partial charge in [0.1, 0.15) is 5.82 Å². The molecule has 4 heterocycles. The van der Waals surface area contributed by atoms with Crippen molar-refractivity contribution in [2.24, 2.45) is 5.92 Å². The van der Waals surface area contributed by atoms with E-state index in [2.05, 4.69) is 30.3 Å². The lowest BCUT2D eigenvalue weighted by Crippen LogP contribution is -2.42. The van der Waals surface area contributed by atoms with Crippen LogP contribution in [0, 0.1) is 12.8 Å². The molecule has 1 saturated heterocycles. The minimum Gasteiger partial charge on any atom is -0.483 e. The number of hydrogen-bond donors (Lipinski definition) is 3. The molecule has 2 aliphatic heterocycles. The molecule has 11 heteroatoms. The van der Waals surface area contributed by atoms with E-state index in [1.54, 1.807) is 0 Å². The van der Waals surface area contributed by atoms with Crippen LogP contribution < -0.4 is 10.6 Å². The van der Waals surface area contributed by atoms with Gasteiger partial charge in [-0.3, -0.25) is 14.4 Å². The Morgan fingerprint density at radius 3 is 2.81 bits per heavy atom. The normalized spacial score (nSPS) is 20.4. The summed E-state index contributed by atoms with van der Waals surface area (Å²) in [5.74, 6) is 1.80. The number of aromatic nitrogens is 3. The number of rotatable bonds is 5. The highest BCUT2D eigenvalue weighted by Gasteiger charge is 2.28. The topological polar surface area (TPSA) is 129 Å². The largest absolute Gasteiger partial charge is 0.483 e. The van der Waals surface area contributed by atoms with Gasteiger partial charge in [0.2, 0.25) is 5.91 Å². The van der Waals surface area contributed by atoms with Crippen LogP contribution in [-0.4, -0.2) is 69.2 Å². The smallest absolute Gasteiger partial charge is 0.290 e. The van der Waals surface area contributed by atoms with Gasteiger partial charge in [0.05, 0.1) is 17.3 Å². The van der Waals surface area contributed by atoms with Gasteiger partial charge in [-0.05, 0) is 50.2 Å². The summed E-state index contributed by atoms with van der Waals surface area (Å²) in [5.41, 5.74) is 1.01. The van der Waals surface area contributed by atoms with Crippen molar-refractivity contribution in [2.75, 3.05) is 20.1 Å². The Morgan fingerprint density at radius 1 is 1.31 bits per heavy atom. The van der Waals surface area contributed by atoms with Crippen LogP contribution >= 0.6 is 11.3 Å². The predicted molar refractivity (Wildman–Crippen MR) is 119 cm³/mol. The monoisotopic (exact) mass is 462 g/mol. The molecule has 2 amide bonds. The van der Waals surface area contributed by atoms with Gasteiger partial charge >= 0.3 is 0 Å². The van der Waals surface area contributed by atoms with E-state index in [0.29, 0.717) is 13.1 Å². The van der Waals surface area contributed by atoms with Gasteiger partial charge in [0.25, 0.3) is 12.4 Å². The van der Waals surface area contributed by atoms with Gasteiger partial charge in [-0.2, -0.15) is 0 Å². The summed E-state index contributed by atoms with van der Waals surface area (Å²) in [6.07, 6.45) is 3.60. The number of carbonyl (C=O) groups is 3. The second kappa shape index (κ2) is 11.2. The molecule has 0 spiro atoms. The molecule has 1 fully saturated rings. The van der Waals surface area contributed by atoms with Gasteiger partial charge in [0.15, 0.2) is 5.82 Å². The maximum Gasteiger partial charge on any atom is 0.290 e. The Bertz CT molecular complexity index is 943. The number of thiophene rings is 1. The fourth-order valence-electron chi connectivity index (χ4n) is 4.25. The lowest BCUT2D eigenvalue weighted by Gasteiger charge is -2.21. The lowest BCUT2D eigenvalue weighted by molar-refractivity contribution is -0.126. The number of hydrogen-bond acceptors (Lipinski definition) is 7. The zero-order valence-corrected chi connectivity index (χ0v) is 19.2. The zero-order valence-electron chi connectivity index (χ0n) is 18.4. The Kier molecular flexibility index (Phi) is 8.34. The number of likely N-dealkylation sites (tertiary alicyclic amines) is 1. The van der Waals surface area contributed by atoms with Crippen molar-refractivity contribution in [3.8, 4) is 0 Å². The summed E-state index contributed by atoms with van der Waals surface area (Å²) in [6, 6.07) is 2.01. The molecule has 32 heavy (non-hydrogen) atoms. The van der Waals surface area contributed by atoms with Crippen molar-refractivity contribution < 1.29 is 19.5 Å². The number of fused-ring (bicyclic) bond motifs is 1. The van der Waals surface area contributed by atoms with Crippen LogP contribution in [0.25, 0.3) is 0 Å².